The Morgan fingerprint density at radius 1 is 1.42 bits per heavy atom. The number of carbonyl (C=O) groups is 2. The largest absolute Gasteiger partial charge is 0.481 e. The summed E-state index contributed by atoms with van der Waals surface area (Å²) in [5.74, 6) is -0.865. The van der Waals surface area contributed by atoms with E-state index < -0.39 is 11.4 Å². The van der Waals surface area contributed by atoms with Crippen molar-refractivity contribution in [1.82, 2.24) is 14.7 Å². The lowest BCUT2D eigenvalue weighted by molar-refractivity contribution is -0.152. The smallest absolute Gasteiger partial charge is 0.309 e. The maximum absolute atomic E-state index is 12.2. The molecule has 1 aromatic heterocycles. The molecule has 1 aliphatic rings. The number of hydrogen-bond donors (Lipinski definition) is 1. The molecule has 0 atom stereocenters. The first-order valence-corrected chi connectivity index (χ1v) is 6.51. The molecule has 0 aromatic carbocycles. The van der Waals surface area contributed by atoms with Crippen LogP contribution in [-0.2, 0) is 11.8 Å². The van der Waals surface area contributed by atoms with Crippen molar-refractivity contribution in [3.63, 3.8) is 0 Å². The first-order valence-electron chi connectivity index (χ1n) is 6.51. The molecule has 0 radical (unpaired) electrons. The minimum Gasteiger partial charge on any atom is -0.481 e. The minimum absolute atomic E-state index is 0.115. The number of rotatable bonds is 3. The summed E-state index contributed by atoms with van der Waals surface area (Å²) in [5.41, 5.74) is -0.247. The number of piperidine rings is 1. The van der Waals surface area contributed by atoms with E-state index in [1.54, 1.807) is 28.9 Å². The van der Waals surface area contributed by atoms with Gasteiger partial charge in [0, 0.05) is 26.3 Å². The first-order chi connectivity index (χ1) is 8.98. The highest BCUT2D eigenvalue weighted by Crippen LogP contribution is 2.35. The van der Waals surface area contributed by atoms with E-state index in [-0.39, 0.29) is 5.91 Å². The van der Waals surface area contributed by atoms with Gasteiger partial charge in [-0.05, 0) is 25.3 Å². The van der Waals surface area contributed by atoms with Gasteiger partial charge in [-0.2, -0.15) is 5.10 Å². The molecule has 0 unspecified atom stereocenters. The van der Waals surface area contributed by atoms with E-state index in [0.29, 0.717) is 38.0 Å². The Labute approximate surface area is 112 Å². The van der Waals surface area contributed by atoms with Crippen LogP contribution in [0.25, 0.3) is 0 Å². The molecule has 0 saturated carbocycles. The molecule has 1 saturated heterocycles. The van der Waals surface area contributed by atoms with Crippen LogP contribution < -0.4 is 0 Å². The molecule has 19 heavy (non-hydrogen) atoms. The minimum atomic E-state index is -0.750. The third-order valence-electron chi connectivity index (χ3n) is 4.07. The van der Waals surface area contributed by atoms with E-state index in [0.717, 1.165) is 0 Å². The third kappa shape index (κ3) is 2.47. The number of amides is 1. The molecule has 2 rings (SSSR count). The Bertz CT molecular complexity index is 487. The number of nitrogens with zero attached hydrogens (tertiary/aromatic N) is 3. The summed E-state index contributed by atoms with van der Waals surface area (Å²) in [6.07, 6.45) is 3.35. The summed E-state index contributed by atoms with van der Waals surface area (Å²) < 4.78 is 1.59. The lowest BCUT2D eigenvalue weighted by Crippen LogP contribution is -2.46. The molecule has 0 bridgehead atoms. The molecule has 0 aliphatic carbocycles. The van der Waals surface area contributed by atoms with Gasteiger partial charge in [-0.25, -0.2) is 0 Å². The van der Waals surface area contributed by atoms with Crippen LogP contribution >= 0.6 is 0 Å². The van der Waals surface area contributed by atoms with Crippen molar-refractivity contribution in [3.8, 4) is 0 Å². The van der Waals surface area contributed by atoms with Crippen molar-refractivity contribution in [2.24, 2.45) is 12.5 Å². The van der Waals surface area contributed by atoms with Crippen LogP contribution in [-0.4, -0.2) is 44.8 Å². The molecule has 0 spiro atoms. The predicted molar refractivity (Wildman–Crippen MR) is 68.7 cm³/mol. The zero-order valence-electron chi connectivity index (χ0n) is 11.3. The van der Waals surface area contributed by atoms with Crippen molar-refractivity contribution in [1.29, 1.82) is 0 Å². The van der Waals surface area contributed by atoms with Crippen LogP contribution in [0.4, 0.5) is 0 Å². The number of aliphatic carboxylic acids is 1. The van der Waals surface area contributed by atoms with Gasteiger partial charge in [0.05, 0.1) is 5.41 Å². The highest BCUT2D eigenvalue weighted by Gasteiger charge is 2.41. The average Bonchev–Trinajstić information content (AvgIpc) is 2.84. The molecule has 6 nitrogen and oxygen atoms in total. The molecular formula is C13H19N3O3. The second-order valence-electron chi connectivity index (χ2n) is 5.11. The van der Waals surface area contributed by atoms with Crippen LogP contribution in [0.2, 0.25) is 0 Å². The van der Waals surface area contributed by atoms with Crippen LogP contribution in [0.3, 0.4) is 0 Å². The van der Waals surface area contributed by atoms with E-state index in [2.05, 4.69) is 5.10 Å². The number of aryl methyl sites for hydroxylation is 1. The Morgan fingerprint density at radius 2 is 2.05 bits per heavy atom. The van der Waals surface area contributed by atoms with Gasteiger partial charge < -0.3 is 10.0 Å². The Hall–Kier alpha value is -1.85. The molecule has 104 valence electrons. The van der Waals surface area contributed by atoms with Crippen LogP contribution in [0.1, 0.15) is 36.7 Å². The Balaban J connectivity index is 2.04. The fraction of sp³-hybridized carbons (Fsp3) is 0.615. The summed E-state index contributed by atoms with van der Waals surface area (Å²) in [7, 11) is 1.76. The number of carbonyl (C=O) groups excluding carboxylic acids is 1. The van der Waals surface area contributed by atoms with Crippen molar-refractivity contribution < 1.29 is 14.7 Å². The topological polar surface area (TPSA) is 75.4 Å². The van der Waals surface area contributed by atoms with Gasteiger partial charge in [-0.1, -0.05) is 6.92 Å². The van der Waals surface area contributed by atoms with Gasteiger partial charge >= 0.3 is 5.97 Å². The third-order valence-corrected chi connectivity index (χ3v) is 4.07. The normalized spacial score (nSPS) is 18.3. The second-order valence-corrected chi connectivity index (χ2v) is 5.11. The van der Waals surface area contributed by atoms with Gasteiger partial charge in [-0.15, -0.1) is 0 Å². The Kier molecular flexibility index (Phi) is 3.59. The fourth-order valence-electron chi connectivity index (χ4n) is 2.55. The second kappa shape index (κ2) is 5.03. The monoisotopic (exact) mass is 265 g/mol. The molecule has 1 fully saturated rings. The summed E-state index contributed by atoms with van der Waals surface area (Å²) in [4.78, 5) is 25.2. The van der Waals surface area contributed by atoms with Crippen molar-refractivity contribution in [2.75, 3.05) is 13.1 Å². The summed E-state index contributed by atoms with van der Waals surface area (Å²) in [6, 6.07) is 1.68. The fourth-order valence-corrected chi connectivity index (χ4v) is 2.55. The molecule has 6 heteroatoms. The van der Waals surface area contributed by atoms with Crippen LogP contribution in [0, 0.1) is 5.41 Å². The summed E-state index contributed by atoms with van der Waals surface area (Å²) >= 11 is 0. The van der Waals surface area contributed by atoms with Crippen LogP contribution in [0.5, 0.6) is 0 Å². The zero-order valence-corrected chi connectivity index (χ0v) is 11.3. The average molecular weight is 265 g/mol. The van der Waals surface area contributed by atoms with Gasteiger partial charge in [-0.3, -0.25) is 14.3 Å². The van der Waals surface area contributed by atoms with E-state index in [4.69, 9.17) is 0 Å². The molecule has 1 aliphatic heterocycles. The molecule has 1 aromatic rings. The summed E-state index contributed by atoms with van der Waals surface area (Å²) in [5, 5.41) is 13.4. The van der Waals surface area contributed by atoms with E-state index in [1.165, 1.54) is 0 Å². The van der Waals surface area contributed by atoms with Gasteiger partial charge in [0.2, 0.25) is 0 Å². The highest BCUT2D eigenvalue weighted by molar-refractivity contribution is 5.92. The Morgan fingerprint density at radius 3 is 2.47 bits per heavy atom. The van der Waals surface area contributed by atoms with E-state index in [9.17, 15) is 14.7 Å². The molecular weight excluding hydrogens is 246 g/mol. The van der Waals surface area contributed by atoms with Crippen molar-refractivity contribution >= 4 is 11.9 Å². The van der Waals surface area contributed by atoms with Gasteiger partial charge in [0.1, 0.15) is 5.69 Å². The summed E-state index contributed by atoms with van der Waals surface area (Å²) in [6.45, 7) is 2.86. The molecule has 1 N–H and O–H groups in total. The first kappa shape index (κ1) is 13.6. The van der Waals surface area contributed by atoms with Crippen molar-refractivity contribution in [2.45, 2.75) is 26.2 Å². The predicted octanol–water partition coefficient (Wildman–Crippen LogP) is 1.14. The molecule has 2 heterocycles. The lowest BCUT2D eigenvalue weighted by atomic mass is 9.76. The quantitative estimate of drug-likeness (QED) is 0.889. The van der Waals surface area contributed by atoms with E-state index >= 15 is 0 Å². The maximum Gasteiger partial charge on any atom is 0.309 e. The van der Waals surface area contributed by atoms with Crippen molar-refractivity contribution in [3.05, 3.63) is 18.0 Å². The maximum atomic E-state index is 12.2. The number of aromatic nitrogens is 2. The number of carboxylic acids is 1. The van der Waals surface area contributed by atoms with Gasteiger partial charge in [0.25, 0.3) is 5.91 Å². The van der Waals surface area contributed by atoms with Gasteiger partial charge in [0.15, 0.2) is 0 Å². The number of hydrogen-bond acceptors (Lipinski definition) is 3. The van der Waals surface area contributed by atoms with E-state index in [1.807, 2.05) is 6.92 Å². The van der Waals surface area contributed by atoms with Crippen LogP contribution in [0.15, 0.2) is 12.3 Å². The standard InChI is InChI=1S/C13H19N3O3/c1-3-13(12(18)19)5-8-16(9-6-13)11(17)10-4-7-15(2)14-10/h4,7H,3,5-6,8-9H2,1-2H3,(H,18,19). The number of likely N-dealkylation sites (tertiary alicyclic amines) is 1. The number of carboxylic acid groups (broad SMARTS) is 1. The molecule has 1 amide bonds. The zero-order chi connectivity index (χ0) is 14.0. The lowest BCUT2D eigenvalue weighted by Gasteiger charge is -2.38. The SMILES string of the molecule is CCC1(C(=O)O)CCN(C(=O)c2ccn(C)n2)CC1. The highest BCUT2D eigenvalue weighted by atomic mass is 16.4.